The van der Waals surface area contributed by atoms with Crippen LogP contribution in [0.1, 0.15) is 52.0 Å². The van der Waals surface area contributed by atoms with E-state index in [2.05, 4.69) is 18.2 Å². The number of carbonyl (C=O) groups excluding carboxylic acids is 1. The zero-order chi connectivity index (χ0) is 17.3. The smallest absolute Gasteiger partial charge is 0.411 e. The van der Waals surface area contributed by atoms with Crippen LogP contribution in [0.4, 0.5) is 4.79 Å². The number of carbonyl (C=O) groups is 1. The largest absolute Gasteiger partial charge is 0.497 e. The maximum absolute atomic E-state index is 12.6. The fourth-order valence-electron chi connectivity index (χ4n) is 3.65. The summed E-state index contributed by atoms with van der Waals surface area (Å²) >= 11 is 0. The second-order valence-electron chi connectivity index (χ2n) is 7.66. The van der Waals surface area contributed by atoms with Crippen molar-refractivity contribution >= 4 is 11.7 Å². The van der Waals surface area contributed by atoms with Gasteiger partial charge in [-0.1, -0.05) is 18.2 Å². The Labute approximate surface area is 144 Å². The van der Waals surface area contributed by atoms with E-state index in [1.807, 2.05) is 37.8 Å². The van der Waals surface area contributed by atoms with Crippen molar-refractivity contribution in [2.45, 2.75) is 64.1 Å². The number of piperidine rings is 1. The molecule has 1 amide bonds. The van der Waals surface area contributed by atoms with Crippen LogP contribution in [0.5, 0.6) is 5.75 Å². The van der Waals surface area contributed by atoms with Crippen molar-refractivity contribution in [3.05, 3.63) is 35.9 Å². The summed E-state index contributed by atoms with van der Waals surface area (Å²) in [4.78, 5) is 14.6. The molecule has 4 nitrogen and oxygen atoms in total. The molecule has 0 aromatic heterocycles. The Morgan fingerprint density at radius 3 is 2.46 bits per heavy atom. The Morgan fingerprint density at radius 1 is 1.17 bits per heavy atom. The quantitative estimate of drug-likeness (QED) is 0.793. The predicted molar refractivity (Wildman–Crippen MR) is 95.1 cm³/mol. The van der Waals surface area contributed by atoms with Crippen molar-refractivity contribution in [2.75, 3.05) is 7.11 Å². The Hall–Kier alpha value is -1.97. The minimum absolute atomic E-state index is 0.143. The molecular formula is C20H27NO3. The molecular weight excluding hydrogens is 302 g/mol. The normalized spacial score (nSPS) is 23.5. The van der Waals surface area contributed by atoms with Gasteiger partial charge in [0, 0.05) is 6.04 Å². The first kappa shape index (κ1) is 16.9. The summed E-state index contributed by atoms with van der Waals surface area (Å²) in [5, 5.41) is 0. The van der Waals surface area contributed by atoms with E-state index in [4.69, 9.17) is 9.47 Å². The molecule has 1 fully saturated rings. The number of ether oxygens (including phenoxy) is 2. The van der Waals surface area contributed by atoms with Gasteiger partial charge in [0.1, 0.15) is 11.4 Å². The molecule has 4 heteroatoms. The van der Waals surface area contributed by atoms with Crippen LogP contribution in [0.25, 0.3) is 5.57 Å². The number of methoxy groups -OCH3 is 1. The molecule has 0 radical (unpaired) electrons. The lowest BCUT2D eigenvalue weighted by Crippen LogP contribution is -2.53. The van der Waals surface area contributed by atoms with E-state index in [-0.39, 0.29) is 18.2 Å². The zero-order valence-corrected chi connectivity index (χ0v) is 15.0. The zero-order valence-electron chi connectivity index (χ0n) is 15.0. The minimum atomic E-state index is -0.453. The molecule has 1 saturated heterocycles. The summed E-state index contributed by atoms with van der Waals surface area (Å²) in [6.07, 6.45) is 6.19. The van der Waals surface area contributed by atoms with Crippen molar-refractivity contribution in [1.29, 1.82) is 0 Å². The van der Waals surface area contributed by atoms with Gasteiger partial charge in [0.2, 0.25) is 0 Å². The highest BCUT2D eigenvalue weighted by atomic mass is 16.6. The van der Waals surface area contributed by atoms with Crippen molar-refractivity contribution in [3.63, 3.8) is 0 Å². The number of hydrogen-bond donors (Lipinski definition) is 0. The van der Waals surface area contributed by atoms with Crippen LogP contribution >= 0.6 is 0 Å². The second kappa shape index (κ2) is 6.50. The summed E-state index contributed by atoms with van der Waals surface area (Å²) in [6, 6.07) is 8.57. The van der Waals surface area contributed by atoms with Crippen molar-refractivity contribution < 1.29 is 14.3 Å². The molecule has 3 rings (SSSR count). The number of rotatable bonds is 2. The molecule has 2 heterocycles. The Bertz CT molecular complexity index is 627. The number of benzene rings is 1. The summed E-state index contributed by atoms with van der Waals surface area (Å²) in [5.41, 5.74) is 2.09. The SMILES string of the molecule is COc1ccc(C2=CC3CCCC(C2)N3C(=O)OC(C)(C)C)cc1. The molecule has 24 heavy (non-hydrogen) atoms. The standard InChI is InChI=1S/C20H27NO3/c1-20(2,3)24-19(22)21-16-6-5-7-17(21)13-15(12-16)14-8-10-18(23-4)11-9-14/h8-12,16-17H,5-7,13H2,1-4H3. The molecule has 1 aromatic carbocycles. The van der Waals surface area contributed by atoms with Crippen molar-refractivity contribution in [2.24, 2.45) is 0 Å². The molecule has 2 unspecified atom stereocenters. The molecule has 2 aliphatic heterocycles. The Balaban J connectivity index is 1.82. The fraction of sp³-hybridized carbons (Fsp3) is 0.550. The maximum atomic E-state index is 12.6. The topological polar surface area (TPSA) is 38.8 Å². The van der Waals surface area contributed by atoms with Crippen LogP contribution in [0.3, 0.4) is 0 Å². The Kier molecular flexibility index (Phi) is 4.57. The fourth-order valence-corrected chi connectivity index (χ4v) is 3.65. The number of amides is 1. The summed E-state index contributed by atoms with van der Waals surface area (Å²) in [7, 11) is 1.68. The number of fused-ring (bicyclic) bond motifs is 2. The van der Waals surface area contributed by atoms with Gasteiger partial charge < -0.3 is 9.47 Å². The highest BCUT2D eigenvalue weighted by molar-refractivity contribution is 5.75. The van der Waals surface area contributed by atoms with Gasteiger partial charge in [-0.15, -0.1) is 0 Å². The summed E-state index contributed by atoms with van der Waals surface area (Å²) in [6.45, 7) is 5.76. The van der Waals surface area contributed by atoms with E-state index in [1.165, 1.54) is 17.6 Å². The van der Waals surface area contributed by atoms with Crippen molar-refractivity contribution in [3.8, 4) is 5.75 Å². The summed E-state index contributed by atoms with van der Waals surface area (Å²) < 4.78 is 10.9. The van der Waals surface area contributed by atoms with Gasteiger partial charge in [-0.25, -0.2) is 4.79 Å². The molecule has 2 aliphatic rings. The van der Waals surface area contributed by atoms with Crippen LogP contribution < -0.4 is 4.74 Å². The molecule has 0 spiro atoms. The third-order valence-corrected chi connectivity index (χ3v) is 4.70. The molecule has 0 N–H and O–H groups in total. The van der Waals surface area contributed by atoms with Gasteiger partial charge in [-0.2, -0.15) is 0 Å². The molecule has 0 saturated carbocycles. The first-order chi connectivity index (χ1) is 11.4. The molecule has 0 aliphatic carbocycles. The maximum Gasteiger partial charge on any atom is 0.411 e. The highest BCUT2D eigenvalue weighted by Crippen LogP contribution is 2.38. The number of nitrogens with zero attached hydrogens (tertiary/aromatic N) is 1. The van der Waals surface area contributed by atoms with Gasteiger partial charge in [0.25, 0.3) is 0 Å². The monoisotopic (exact) mass is 329 g/mol. The predicted octanol–water partition coefficient (Wildman–Crippen LogP) is 4.64. The van der Waals surface area contributed by atoms with Gasteiger partial charge in [-0.05, 0) is 69.7 Å². The average Bonchev–Trinajstić information content (AvgIpc) is 2.52. The van der Waals surface area contributed by atoms with E-state index in [0.717, 1.165) is 25.0 Å². The van der Waals surface area contributed by atoms with Gasteiger partial charge >= 0.3 is 6.09 Å². The van der Waals surface area contributed by atoms with Crippen molar-refractivity contribution in [1.82, 2.24) is 4.90 Å². The van der Waals surface area contributed by atoms with E-state index in [9.17, 15) is 4.79 Å². The molecule has 2 bridgehead atoms. The van der Waals surface area contributed by atoms with Crippen LogP contribution in [0.15, 0.2) is 30.3 Å². The second-order valence-corrected chi connectivity index (χ2v) is 7.66. The van der Waals surface area contributed by atoms with Gasteiger partial charge in [0.05, 0.1) is 13.2 Å². The molecule has 1 aromatic rings. The van der Waals surface area contributed by atoms with Gasteiger partial charge in [-0.3, -0.25) is 4.90 Å². The van der Waals surface area contributed by atoms with E-state index >= 15 is 0 Å². The van der Waals surface area contributed by atoms with Crippen LogP contribution in [-0.2, 0) is 4.74 Å². The molecule has 2 atom stereocenters. The first-order valence-electron chi connectivity index (χ1n) is 8.74. The minimum Gasteiger partial charge on any atom is -0.497 e. The van der Waals surface area contributed by atoms with E-state index in [0.29, 0.717) is 0 Å². The van der Waals surface area contributed by atoms with Crippen LogP contribution in [0, 0.1) is 0 Å². The first-order valence-corrected chi connectivity index (χ1v) is 8.74. The Morgan fingerprint density at radius 2 is 1.88 bits per heavy atom. The van der Waals surface area contributed by atoms with Crippen LogP contribution in [-0.4, -0.2) is 35.8 Å². The van der Waals surface area contributed by atoms with Gasteiger partial charge in [0.15, 0.2) is 0 Å². The lowest BCUT2D eigenvalue weighted by Gasteiger charge is -2.45. The lowest BCUT2D eigenvalue weighted by atomic mass is 9.83. The highest BCUT2D eigenvalue weighted by Gasteiger charge is 2.39. The third-order valence-electron chi connectivity index (χ3n) is 4.70. The van der Waals surface area contributed by atoms with E-state index < -0.39 is 5.60 Å². The van der Waals surface area contributed by atoms with Crippen LogP contribution in [0.2, 0.25) is 0 Å². The lowest BCUT2D eigenvalue weighted by molar-refractivity contribution is 0.0000863. The third kappa shape index (κ3) is 3.58. The van der Waals surface area contributed by atoms with E-state index in [1.54, 1.807) is 7.11 Å². The number of hydrogen-bond acceptors (Lipinski definition) is 3. The average molecular weight is 329 g/mol. The molecule has 130 valence electrons. The summed E-state index contributed by atoms with van der Waals surface area (Å²) in [5.74, 6) is 0.866.